The summed E-state index contributed by atoms with van der Waals surface area (Å²) in [7, 11) is 3.40. The highest BCUT2D eigenvalue weighted by Crippen LogP contribution is 2.18. The second kappa shape index (κ2) is 8.03. The highest BCUT2D eigenvalue weighted by molar-refractivity contribution is 6.11. The number of carbonyl (C=O) groups excluding carboxylic acids is 2. The SMILES string of the molecule is CN(C)C(=O)CCCn1ccc(NC(=O)c2cc(=O)[nH]c3ccc(F)cc23)n1. The summed E-state index contributed by atoms with van der Waals surface area (Å²) in [5.41, 5.74) is -0.0279. The third-order valence-electron chi connectivity index (χ3n) is 4.21. The molecule has 146 valence electrons. The monoisotopic (exact) mass is 385 g/mol. The molecule has 0 saturated carbocycles. The van der Waals surface area contributed by atoms with E-state index >= 15 is 0 Å². The van der Waals surface area contributed by atoms with Gasteiger partial charge in [-0.05, 0) is 24.6 Å². The molecule has 0 radical (unpaired) electrons. The maximum Gasteiger partial charge on any atom is 0.257 e. The second-order valence-corrected chi connectivity index (χ2v) is 6.55. The first-order valence-electron chi connectivity index (χ1n) is 8.71. The lowest BCUT2D eigenvalue weighted by atomic mass is 10.1. The highest BCUT2D eigenvalue weighted by atomic mass is 19.1. The number of hydrogen-bond acceptors (Lipinski definition) is 4. The van der Waals surface area contributed by atoms with E-state index < -0.39 is 17.3 Å². The molecule has 0 unspecified atom stereocenters. The van der Waals surface area contributed by atoms with Crippen molar-refractivity contribution in [3.05, 3.63) is 58.3 Å². The smallest absolute Gasteiger partial charge is 0.257 e. The van der Waals surface area contributed by atoms with Gasteiger partial charge in [0.05, 0.1) is 5.56 Å². The molecule has 0 aliphatic rings. The minimum Gasteiger partial charge on any atom is -0.349 e. The number of aryl methyl sites for hydroxylation is 1. The summed E-state index contributed by atoms with van der Waals surface area (Å²) in [6.07, 6.45) is 2.70. The molecule has 8 nitrogen and oxygen atoms in total. The number of aromatic amines is 1. The summed E-state index contributed by atoms with van der Waals surface area (Å²) in [6.45, 7) is 0.522. The molecule has 2 N–H and O–H groups in total. The third-order valence-corrected chi connectivity index (χ3v) is 4.21. The first-order chi connectivity index (χ1) is 13.3. The predicted molar refractivity (Wildman–Crippen MR) is 103 cm³/mol. The Labute approximate surface area is 160 Å². The Morgan fingerprint density at radius 2 is 2.04 bits per heavy atom. The summed E-state index contributed by atoms with van der Waals surface area (Å²) in [5, 5.41) is 7.16. The van der Waals surface area contributed by atoms with Crippen molar-refractivity contribution in [3.8, 4) is 0 Å². The highest BCUT2D eigenvalue weighted by Gasteiger charge is 2.14. The summed E-state index contributed by atoms with van der Waals surface area (Å²) < 4.78 is 15.2. The van der Waals surface area contributed by atoms with Gasteiger partial charge in [0.2, 0.25) is 11.5 Å². The van der Waals surface area contributed by atoms with Gasteiger partial charge in [-0.25, -0.2) is 4.39 Å². The average Bonchev–Trinajstić information content (AvgIpc) is 3.08. The molecular formula is C19H20FN5O3. The van der Waals surface area contributed by atoms with E-state index in [0.717, 1.165) is 6.07 Å². The number of hydrogen-bond donors (Lipinski definition) is 2. The Kier molecular flexibility index (Phi) is 5.53. The zero-order valence-electron chi connectivity index (χ0n) is 15.5. The van der Waals surface area contributed by atoms with E-state index in [2.05, 4.69) is 15.4 Å². The Bertz CT molecular complexity index is 1090. The average molecular weight is 385 g/mol. The van der Waals surface area contributed by atoms with E-state index in [4.69, 9.17) is 0 Å². The molecule has 28 heavy (non-hydrogen) atoms. The lowest BCUT2D eigenvalue weighted by Gasteiger charge is -2.09. The molecule has 2 aromatic heterocycles. The Morgan fingerprint density at radius 3 is 2.79 bits per heavy atom. The Hall–Kier alpha value is -3.49. The molecule has 1 aromatic carbocycles. The normalized spacial score (nSPS) is 10.8. The number of halogens is 1. The van der Waals surface area contributed by atoms with Crippen molar-refractivity contribution in [1.82, 2.24) is 19.7 Å². The van der Waals surface area contributed by atoms with Crippen LogP contribution in [0.15, 0.2) is 41.3 Å². The Morgan fingerprint density at radius 1 is 1.25 bits per heavy atom. The number of fused-ring (bicyclic) bond motifs is 1. The van der Waals surface area contributed by atoms with Crippen LogP contribution in [0, 0.1) is 5.82 Å². The van der Waals surface area contributed by atoms with Crippen molar-refractivity contribution in [2.24, 2.45) is 0 Å². The number of benzene rings is 1. The van der Waals surface area contributed by atoms with Crippen LogP contribution in [-0.4, -0.2) is 45.6 Å². The van der Waals surface area contributed by atoms with Gasteiger partial charge in [0, 0.05) is 56.3 Å². The minimum absolute atomic E-state index is 0.0362. The quantitative estimate of drug-likeness (QED) is 0.678. The lowest BCUT2D eigenvalue weighted by Crippen LogP contribution is -2.21. The molecule has 0 fully saturated rings. The van der Waals surface area contributed by atoms with Crippen molar-refractivity contribution < 1.29 is 14.0 Å². The summed E-state index contributed by atoms with van der Waals surface area (Å²) >= 11 is 0. The first-order valence-corrected chi connectivity index (χ1v) is 8.71. The van der Waals surface area contributed by atoms with Gasteiger partial charge in [0.1, 0.15) is 5.82 Å². The molecule has 0 aliphatic heterocycles. The first kappa shape index (κ1) is 19.3. The maximum atomic E-state index is 13.6. The standard InChI is InChI=1S/C19H20FN5O3/c1-24(2)18(27)4-3-8-25-9-7-16(23-25)22-19(28)14-11-17(26)21-15-6-5-12(20)10-13(14)15/h5-7,9-11H,3-4,8H2,1-2H3,(H,21,26)(H,22,23,28). The summed E-state index contributed by atoms with van der Waals surface area (Å²) in [6, 6.07) is 6.55. The van der Waals surface area contributed by atoms with Crippen molar-refractivity contribution in [2.45, 2.75) is 19.4 Å². The fourth-order valence-electron chi connectivity index (χ4n) is 2.77. The fourth-order valence-corrected chi connectivity index (χ4v) is 2.77. The van der Waals surface area contributed by atoms with E-state index in [1.54, 1.807) is 31.0 Å². The maximum absolute atomic E-state index is 13.6. The molecule has 0 aliphatic carbocycles. The van der Waals surface area contributed by atoms with Gasteiger partial charge in [-0.3, -0.25) is 19.1 Å². The molecule has 0 atom stereocenters. The minimum atomic E-state index is -0.560. The molecule has 0 bridgehead atoms. The van der Waals surface area contributed by atoms with E-state index in [-0.39, 0.29) is 11.5 Å². The van der Waals surface area contributed by atoms with Crippen LogP contribution >= 0.6 is 0 Å². The molecule has 0 spiro atoms. The van der Waals surface area contributed by atoms with E-state index in [1.807, 2.05) is 0 Å². The molecule has 2 amide bonds. The number of carbonyl (C=O) groups is 2. The molecular weight excluding hydrogens is 365 g/mol. The molecule has 2 heterocycles. The fraction of sp³-hybridized carbons (Fsp3) is 0.263. The van der Waals surface area contributed by atoms with Gasteiger partial charge < -0.3 is 15.2 Å². The van der Waals surface area contributed by atoms with Crippen LogP contribution in [0.4, 0.5) is 10.2 Å². The summed E-state index contributed by atoms with van der Waals surface area (Å²) in [5.74, 6) is -0.734. The molecule has 0 saturated heterocycles. The van der Waals surface area contributed by atoms with Crippen LogP contribution in [0.5, 0.6) is 0 Å². The van der Waals surface area contributed by atoms with Gasteiger partial charge in [0.15, 0.2) is 5.82 Å². The van der Waals surface area contributed by atoms with Crippen molar-refractivity contribution in [3.63, 3.8) is 0 Å². The molecule has 9 heteroatoms. The van der Waals surface area contributed by atoms with Gasteiger partial charge >= 0.3 is 0 Å². The largest absolute Gasteiger partial charge is 0.349 e. The number of aromatic nitrogens is 3. The van der Waals surface area contributed by atoms with Gasteiger partial charge in [-0.15, -0.1) is 0 Å². The number of H-pyrrole nitrogens is 1. The number of rotatable bonds is 6. The van der Waals surface area contributed by atoms with Gasteiger partial charge in [-0.1, -0.05) is 0 Å². The molecule has 3 rings (SSSR count). The lowest BCUT2D eigenvalue weighted by molar-refractivity contribution is -0.128. The van der Waals surface area contributed by atoms with E-state index in [9.17, 15) is 18.8 Å². The molecule has 3 aromatic rings. The third kappa shape index (κ3) is 4.43. The number of nitrogens with one attached hydrogen (secondary N) is 2. The van der Waals surface area contributed by atoms with Crippen LogP contribution < -0.4 is 10.9 Å². The second-order valence-electron chi connectivity index (χ2n) is 6.55. The zero-order valence-corrected chi connectivity index (χ0v) is 15.5. The van der Waals surface area contributed by atoms with Crippen LogP contribution in [0.2, 0.25) is 0 Å². The van der Waals surface area contributed by atoms with Gasteiger partial charge in [0.25, 0.3) is 5.91 Å². The van der Waals surface area contributed by atoms with E-state index in [0.29, 0.717) is 36.1 Å². The number of pyridine rings is 1. The Balaban J connectivity index is 1.71. The predicted octanol–water partition coefficient (Wildman–Crippen LogP) is 1.98. The van der Waals surface area contributed by atoms with Crippen LogP contribution in [0.1, 0.15) is 23.2 Å². The topological polar surface area (TPSA) is 100 Å². The van der Waals surface area contributed by atoms with Crippen LogP contribution in [0.3, 0.4) is 0 Å². The van der Waals surface area contributed by atoms with Crippen molar-refractivity contribution in [2.75, 3.05) is 19.4 Å². The van der Waals surface area contributed by atoms with Crippen LogP contribution in [0.25, 0.3) is 10.9 Å². The van der Waals surface area contributed by atoms with Crippen LogP contribution in [-0.2, 0) is 11.3 Å². The van der Waals surface area contributed by atoms with Crippen molar-refractivity contribution in [1.29, 1.82) is 0 Å². The number of amides is 2. The number of nitrogens with zero attached hydrogens (tertiary/aromatic N) is 3. The van der Waals surface area contributed by atoms with Crippen molar-refractivity contribution >= 4 is 28.5 Å². The zero-order chi connectivity index (χ0) is 20.3. The van der Waals surface area contributed by atoms with Gasteiger partial charge in [-0.2, -0.15) is 5.10 Å². The van der Waals surface area contributed by atoms with E-state index in [1.165, 1.54) is 23.1 Å². The number of anilines is 1. The summed E-state index contributed by atoms with van der Waals surface area (Å²) in [4.78, 5) is 40.1.